The first-order chi connectivity index (χ1) is 13.4. The third-order valence-electron chi connectivity index (χ3n) is 4.50. The van der Waals surface area contributed by atoms with Crippen LogP contribution in [0, 0.1) is 0 Å². The largest absolute Gasteiger partial charge is 0.455 e. The second-order valence-electron chi connectivity index (χ2n) is 6.40. The Morgan fingerprint density at radius 1 is 1.14 bits per heavy atom. The zero-order chi connectivity index (χ0) is 20.1. The average Bonchev–Trinajstić information content (AvgIpc) is 3.10. The van der Waals surface area contributed by atoms with E-state index in [1.807, 2.05) is 24.3 Å². The van der Waals surface area contributed by atoms with Crippen LogP contribution >= 0.6 is 11.6 Å². The fourth-order valence-electron chi connectivity index (χ4n) is 3.16. The number of primary amides is 1. The number of hydrogen-bond acceptors (Lipinski definition) is 4. The fourth-order valence-corrected chi connectivity index (χ4v) is 3.29. The maximum Gasteiger partial charge on any atom is 0.312 e. The van der Waals surface area contributed by atoms with Crippen LogP contribution < -0.4 is 16.0 Å². The molecule has 0 aromatic heterocycles. The minimum absolute atomic E-state index is 0.158. The Morgan fingerprint density at radius 3 is 2.57 bits per heavy atom. The number of esters is 1. The molecule has 0 fully saturated rings. The van der Waals surface area contributed by atoms with Crippen molar-refractivity contribution in [2.75, 3.05) is 18.1 Å². The molecule has 3 N–H and O–H groups in total. The van der Waals surface area contributed by atoms with Gasteiger partial charge in [-0.2, -0.15) is 0 Å². The Bertz CT molecular complexity index is 885. The molecule has 0 saturated heterocycles. The number of nitrogens with zero attached hydrogens (tertiary/aromatic N) is 1. The summed E-state index contributed by atoms with van der Waals surface area (Å²) in [5.74, 6) is -0.904. The Morgan fingerprint density at radius 2 is 1.86 bits per heavy atom. The van der Waals surface area contributed by atoms with Gasteiger partial charge in [-0.25, -0.2) is 4.79 Å². The molecule has 0 unspecified atom stereocenters. The van der Waals surface area contributed by atoms with Gasteiger partial charge in [-0.15, -0.1) is 0 Å². The van der Waals surface area contributed by atoms with Crippen molar-refractivity contribution < 1.29 is 19.1 Å². The van der Waals surface area contributed by atoms with Crippen molar-refractivity contribution in [3.63, 3.8) is 0 Å². The summed E-state index contributed by atoms with van der Waals surface area (Å²) in [4.78, 5) is 37.5. The number of anilines is 1. The van der Waals surface area contributed by atoms with Gasteiger partial charge in [-0.05, 0) is 35.7 Å². The SMILES string of the molecule is NC(=O)N[C@@H](CC(=O)OCC(=O)N1CCc2ccccc21)c1ccc(Cl)cc1. The highest BCUT2D eigenvalue weighted by Gasteiger charge is 2.25. The van der Waals surface area contributed by atoms with Crippen molar-refractivity contribution in [3.05, 3.63) is 64.7 Å². The number of ether oxygens (including phenoxy) is 1. The minimum Gasteiger partial charge on any atom is -0.455 e. The first-order valence-electron chi connectivity index (χ1n) is 8.79. The van der Waals surface area contributed by atoms with Crippen LogP contribution in [-0.2, 0) is 20.7 Å². The first kappa shape index (κ1) is 19.7. The lowest BCUT2D eigenvalue weighted by molar-refractivity contribution is -0.148. The predicted octanol–water partition coefficient (Wildman–Crippen LogP) is 2.57. The van der Waals surface area contributed by atoms with Crippen LogP contribution in [0.4, 0.5) is 10.5 Å². The first-order valence-corrected chi connectivity index (χ1v) is 9.17. The van der Waals surface area contributed by atoms with E-state index >= 15 is 0 Å². The van der Waals surface area contributed by atoms with Gasteiger partial charge in [0.25, 0.3) is 5.91 Å². The topological polar surface area (TPSA) is 102 Å². The van der Waals surface area contributed by atoms with Gasteiger partial charge >= 0.3 is 12.0 Å². The molecule has 2 aromatic rings. The van der Waals surface area contributed by atoms with E-state index in [9.17, 15) is 14.4 Å². The standard InChI is InChI=1S/C20H20ClN3O4/c21-15-7-5-13(6-8-15)16(23-20(22)27)11-19(26)28-12-18(25)24-10-9-14-3-1-2-4-17(14)24/h1-8,16H,9-12H2,(H3,22,23,27)/t16-/m0/s1. The number of rotatable bonds is 6. The summed E-state index contributed by atoms with van der Waals surface area (Å²) in [6.07, 6.45) is 0.617. The maximum atomic E-state index is 12.4. The number of carbonyl (C=O) groups is 3. The van der Waals surface area contributed by atoms with Gasteiger partial charge in [0.1, 0.15) is 0 Å². The molecular weight excluding hydrogens is 382 g/mol. The maximum absolute atomic E-state index is 12.4. The number of urea groups is 1. The third-order valence-corrected chi connectivity index (χ3v) is 4.76. The van der Waals surface area contributed by atoms with Crippen molar-refractivity contribution >= 4 is 35.2 Å². The van der Waals surface area contributed by atoms with Crippen LogP contribution in [0.5, 0.6) is 0 Å². The van der Waals surface area contributed by atoms with E-state index in [0.717, 1.165) is 17.7 Å². The molecule has 3 amide bonds. The van der Waals surface area contributed by atoms with E-state index < -0.39 is 18.0 Å². The normalized spacial score (nSPS) is 13.5. The molecule has 7 nitrogen and oxygen atoms in total. The van der Waals surface area contributed by atoms with E-state index in [1.165, 1.54) is 0 Å². The molecule has 0 saturated carbocycles. The molecule has 1 aliphatic heterocycles. The lowest BCUT2D eigenvalue weighted by atomic mass is 10.0. The predicted molar refractivity (Wildman–Crippen MR) is 105 cm³/mol. The molecule has 28 heavy (non-hydrogen) atoms. The van der Waals surface area contributed by atoms with Crippen LogP contribution in [0.1, 0.15) is 23.6 Å². The molecule has 8 heteroatoms. The van der Waals surface area contributed by atoms with Crippen molar-refractivity contribution in [2.24, 2.45) is 5.73 Å². The van der Waals surface area contributed by atoms with Gasteiger partial charge in [0.2, 0.25) is 0 Å². The third kappa shape index (κ3) is 4.80. The van der Waals surface area contributed by atoms with Gasteiger partial charge in [-0.3, -0.25) is 9.59 Å². The summed E-state index contributed by atoms with van der Waals surface area (Å²) in [7, 11) is 0. The second kappa shape index (κ2) is 8.75. The lowest BCUT2D eigenvalue weighted by Crippen LogP contribution is -2.36. The van der Waals surface area contributed by atoms with E-state index in [4.69, 9.17) is 22.1 Å². The van der Waals surface area contributed by atoms with Crippen molar-refractivity contribution in [1.29, 1.82) is 0 Å². The molecule has 1 heterocycles. The smallest absolute Gasteiger partial charge is 0.312 e. The van der Waals surface area contributed by atoms with Crippen molar-refractivity contribution in [2.45, 2.75) is 18.9 Å². The number of fused-ring (bicyclic) bond motifs is 1. The zero-order valence-corrected chi connectivity index (χ0v) is 15.8. The molecular formula is C20H20ClN3O4. The van der Waals surface area contributed by atoms with Crippen LogP contribution in [-0.4, -0.2) is 31.1 Å². The van der Waals surface area contributed by atoms with Crippen LogP contribution in [0.2, 0.25) is 5.02 Å². The molecule has 146 valence electrons. The van der Waals surface area contributed by atoms with Gasteiger partial charge in [-0.1, -0.05) is 41.9 Å². The van der Waals surface area contributed by atoms with Gasteiger partial charge in [0, 0.05) is 17.3 Å². The lowest BCUT2D eigenvalue weighted by Gasteiger charge is -2.19. The Hall–Kier alpha value is -3.06. The van der Waals surface area contributed by atoms with Crippen molar-refractivity contribution in [3.8, 4) is 0 Å². The number of benzene rings is 2. The number of carbonyl (C=O) groups excluding carboxylic acids is 3. The molecule has 1 aliphatic rings. The minimum atomic E-state index is -0.766. The van der Waals surface area contributed by atoms with Crippen LogP contribution in [0.3, 0.4) is 0 Å². The second-order valence-corrected chi connectivity index (χ2v) is 6.84. The van der Waals surface area contributed by atoms with E-state index in [1.54, 1.807) is 29.2 Å². The number of hydrogen-bond donors (Lipinski definition) is 2. The van der Waals surface area contributed by atoms with Gasteiger partial charge in [0.15, 0.2) is 6.61 Å². The number of amides is 3. The zero-order valence-electron chi connectivity index (χ0n) is 15.1. The summed E-state index contributed by atoms with van der Waals surface area (Å²) >= 11 is 5.86. The molecule has 1 atom stereocenters. The average molecular weight is 402 g/mol. The van der Waals surface area contributed by atoms with E-state index in [-0.39, 0.29) is 18.9 Å². The fraction of sp³-hybridized carbons (Fsp3) is 0.250. The molecule has 0 radical (unpaired) electrons. The van der Waals surface area contributed by atoms with Gasteiger partial charge in [0.05, 0.1) is 12.5 Å². The summed E-state index contributed by atoms with van der Waals surface area (Å²) < 4.78 is 5.14. The number of nitrogens with one attached hydrogen (secondary N) is 1. The summed E-state index contributed by atoms with van der Waals surface area (Å²) in [6.45, 7) is 0.198. The highest BCUT2D eigenvalue weighted by Crippen LogP contribution is 2.27. The Kier molecular flexibility index (Phi) is 6.16. The molecule has 0 aliphatic carbocycles. The van der Waals surface area contributed by atoms with Crippen molar-refractivity contribution in [1.82, 2.24) is 5.32 Å². The molecule has 3 rings (SSSR count). The van der Waals surface area contributed by atoms with Crippen LogP contribution in [0.15, 0.2) is 48.5 Å². The number of para-hydroxylation sites is 1. The quantitative estimate of drug-likeness (QED) is 0.726. The molecule has 2 aromatic carbocycles. The Labute approximate surface area is 167 Å². The monoisotopic (exact) mass is 401 g/mol. The summed E-state index contributed by atoms with van der Waals surface area (Å²) in [5.41, 5.74) is 7.79. The Balaban J connectivity index is 1.58. The molecule has 0 bridgehead atoms. The highest BCUT2D eigenvalue weighted by atomic mass is 35.5. The summed E-state index contributed by atoms with van der Waals surface area (Å²) in [5, 5.41) is 3.03. The number of nitrogens with two attached hydrogens (primary N) is 1. The van der Waals surface area contributed by atoms with Crippen LogP contribution in [0.25, 0.3) is 0 Å². The van der Waals surface area contributed by atoms with Gasteiger partial charge < -0.3 is 20.7 Å². The highest BCUT2D eigenvalue weighted by molar-refractivity contribution is 6.30. The van der Waals surface area contributed by atoms with E-state index in [2.05, 4.69) is 5.32 Å². The van der Waals surface area contributed by atoms with E-state index in [0.29, 0.717) is 17.1 Å². The summed E-state index contributed by atoms with van der Waals surface area (Å²) in [6, 6.07) is 12.8. The molecule has 0 spiro atoms. The number of halogens is 1.